The van der Waals surface area contributed by atoms with E-state index in [1.165, 1.54) is 17.3 Å². The Balaban J connectivity index is 1.25. The molecule has 32 heavy (non-hydrogen) atoms. The molecule has 0 bridgehead atoms. The van der Waals surface area contributed by atoms with Gasteiger partial charge in [-0.05, 0) is 48.9 Å². The van der Waals surface area contributed by atoms with Crippen LogP contribution in [0.2, 0.25) is 0 Å². The van der Waals surface area contributed by atoms with Crippen LogP contribution in [-0.4, -0.2) is 41.5 Å². The highest BCUT2D eigenvalue weighted by Gasteiger charge is 2.15. The van der Waals surface area contributed by atoms with Gasteiger partial charge in [0.1, 0.15) is 18.7 Å². The normalized spacial score (nSPS) is 11.5. The van der Waals surface area contributed by atoms with Crippen molar-refractivity contribution in [3.8, 4) is 5.82 Å². The van der Waals surface area contributed by atoms with Crippen molar-refractivity contribution in [1.29, 1.82) is 0 Å². The molecule has 0 aliphatic carbocycles. The van der Waals surface area contributed by atoms with Crippen molar-refractivity contribution in [1.82, 2.24) is 34.8 Å². The Morgan fingerprint density at radius 2 is 1.81 bits per heavy atom. The summed E-state index contributed by atoms with van der Waals surface area (Å²) >= 11 is 0. The average molecular weight is 431 g/mol. The van der Waals surface area contributed by atoms with E-state index in [0.29, 0.717) is 23.7 Å². The highest BCUT2D eigenvalue weighted by atomic mass is 16.2. The Labute approximate surface area is 183 Å². The van der Waals surface area contributed by atoms with Crippen molar-refractivity contribution in [3.05, 3.63) is 79.3 Å². The fourth-order valence-electron chi connectivity index (χ4n) is 2.84. The molecule has 1 aromatic carbocycles. The molecule has 0 aliphatic heterocycles. The van der Waals surface area contributed by atoms with Gasteiger partial charge in [-0.1, -0.05) is 6.07 Å². The number of carbonyl (C=O) groups is 2. The number of nitrogens with zero attached hydrogens (tertiary/aromatic N) is 6. The van der Waals surface area contributed by atoms with Gasteiger partial charge >= 0.3 is 6.03 Å². The fraction of sp³-hybridized carbons (Fsp3) is 0.143. The maximum Gasteiger partial charge on any atom is 0.319 e. The molecule has 0 fully saturated rings. The van der Waals surface area contributed by atoms with E-state index in [1.807, 2.05) is 24.4 Å². The topological polar surface area (TPSA) is 132 Å². The van der Waals surface area contributed by atoms with Crippen LogP contribution in [0.1, 0.15) is 18.5 Å². The van der Waals surface area contributed by atoms with Crippen molar-refractivity contribution < 1.29 is 9.59 Å². The van der Waals surface area contributed by atoms with Gasteiger partial charge in [-0.15, -0.1) is 0 Å². The second-order valence-electron chi connectivity index (χ2n) is 6.90. The molecule has 0 unspecified atom stereocenters. The van der Waals surface area contributed by atoms with Crippen molar-refractivity contribution in [3.63, 3.8) is 0 Å². The third-order valence-electron chi connectivity index (χ3n) is 4.62. The number of rotatable bonds is 7. The van der Waals surface area contributed by atoms with E-state index in [2.05, 4.69) is 36.1 Å². The smallest absolute Gasteiger partial charge is 0.319 e. The van der Waals surface area contributed by atoms with Crippen LogP contribution >= 0.6 is 0 Å². The molecule has 0 saturated carbocycles. The quantitative estimate of drug-likeness (QED) is 0.412. The van der Waals surface area contributed by atoms with Gasteiger partial charge in [-0.25, -0.2) is 24.1 Å². The molecule has 3 amide bonds. The molecule has 11 nitrogen and oxygen atoms in total. The summed E-state index contributed by atoms with van der Waals surface area (Å²) in [5.41, 5.74) is 2.06. The van der Waals surface area contributed by atoms with E-state index in [4.69, 9.17) is 0 Å². The molecule has 0 aliphatic rings. The monoisotopic (exact) mass is 431 g/mol. The minimum atomic E-state index is -0.496. The Morgan fingerprint density at radius 3 is 2.44 bits per heavy atom. The number of hydrogen-bond donors (Lipinski definition) is 3. The number of hydrogen-bond acceptors (Lipinski definition) is 6. The summed E-state index contributed by atoms with van der Waals surface area (Å²) in [6.45, 7) is 2.05. The lowest BCUT2D eigenvalue weighted by atomic mass is 10.2. The third kappa shape index (κ3) is 5.14. The van der Waals surface area contributed by atoms with Gasteiger partial charge in [0.15, 0.2) is 5.82 Å². The zero-order valence-corrected chi connectivity index (χ0v) is 17.2. The van der Waals surface area contributed by atoms with E-state index in [1.54, 1.807) is 48.3 Å². The van der Waals surface area contributed by atoms with Crippen molar-refractivity contribution in [2.75, 3.05) is 10.6 Å². The number of anilines is 2. The maximum absolute atomic E-state index is 12.3. The van der Waals surface area contributed by atoms with Gasteiger partial charge in [0.05, 0.1) is 0 Å². The number of nitrogens with one attached hydrogen (secondary N) is 3. The van der Waals surface area contributed by atoms with E-state index >= 15 is 0 Å². The van der Waals surface area contributed by atoms with Crippen LogP contribution in [0, 0.1) is 0 Å². The number of pyridine rings is 1. The zero-order valence-electron chi connectivity index (χ0n) is 17.2. The number of urea groups is 1. The minimum absolute atomic E-state index is 0.221. The molecular formula is C21H21N9O2. The standard InChI is InChI=1S/C21H21N9O2/c1-15(30-14-22-13-26-30)20(31)27-17-4-6-18(7-5-17)28-21(32)24-12-16-3-8-19(23-11-16)29-10-2-9-25-29/h2-11,13-15H,12H2,1H3,(H,27,31)(H2,24,28,32)/t15-/m0/s1. The van der Waals surface area contributed by atoms with Crippen LogP contribution < -0.4 is 16.0 Å². The van der Waals surface area contributed by atoms with Gasteiger partial charge in [0, 0.05) is 36.5 Å². The first kappa shape index (κ1) is 20.7. The lowest BCUT2D eigenvalue weighted by Crippen LogP contribution is -2.28. The largest absolute Gasteiger partial charge is 0.334 e. The van der Waals surface area contributed by atoms with E-state index in [9.17, 15) is 9.59 Å². The molecule has 11 heteroatoms. The summed E-state index contributed by atoms with van der Waals surface area (Å²) in [5, 5.41) is 16.4. The number of amides is 3. The van der Waals surface area contributed by atoms with Gasteiger partial charge in [-0.2, -0.15) is 10.2 Å². The lowest BCUT2D eigenvalue weighted by molar-refractivity contribution is -0.119. The summed E-state index contributed by atoms with van der Waals surface area (Å²) in [7, 11) is 0. The van der Waals surface area contributed by atoms with Crippen LogP contribution in [0.4, 0.5) is 16.2 Å². The Morgan fingerprint density at radius 1 is 1.03 bits per heavy atom. The SMILES string of the molecule is C[C@@H](C(=O)Nc1ccc(NC(=O)NCc2ccc(-n3cccn3)nc2)cc1)n1cncn1. The summed E-state index contributed by atoms with van der Waals surface area (Å²) < 4.78 is 3.13. The predicted octanol–water partition coefficient (Wildman–Crippen LogP) is 2.38. The highest BCUT2D eigenvalue weighted by Crippen LogP contribution is 2.15. The van der Waals surface area contributed by atoms with Crippen molar-refractivity contribution in [2.24, 2.45) is 0 Å². The van der Waals surface area contributed by atoms with Crippen LogP contribution in [0.15, 0.2) is 73.7 Å². The predicted molar refractivity (Wildman–Crippen MR) is 117 cm³/mol. The van der Waals surface area contributed by atoms with E-state index in [-0.39, 0.29) is 11.9 Å². The van der Waals surface area contributed by atoms with Crippen molar-refractivity contribution in [2.45, 2.75) is 19.5 Å². The van der Waals surface area contributed by atoms with E-state index in [0.717, 1.165) is 5.56 Å². The first-order valence-electron chi connectivity index (χ1n) is 9.83. The first-order chi connectivity index (χ1) is 15.6. The fourth-order valence-corrected chi connectivity index (χ4v) is 2.84. The molecular weight excluding hydrogens is 410 g/mol. The molecule has 1 atom stereocenters. The summed E-state index contributed by atoms with van der Waals surface area (Å²) in [4.78, 5) is 32.6. The molecule has 0 spiro atoms. The maximum atomic E-state index is 12.3. The van der Waals surface area contributed by atoms with E-state index < -0.39 is 6.04 Å². The summed E-state index contributed by atoms with van der Waals surface area (Å²) in [6, 6.07) is 11.5. The molecule has 4 aromatic rings. The molecule has 3 aromatic heterocycles. The molecule has 0 radical (unpaired) electrons. The Kier molecular flexibility index (Phi) is 6.16. The van der Waals surface area contributed by atoms with Gasteiger partial charge < -0.3 is 16.0 Å². The second kappa shape index (κ2) is 9.51. The zero-order chi connectivity index (χ0) is 22.3. The molecule has 3 N–H and O–H groups in total. The molecule has 4 rings (SSSR count). The van der Waals surface area contributed by atoms with Crippen LogP contribution in [0.3, 0.4) is 0 Å². The first-order valence-corrected chi connectivity index (χ1v) is 9.83. The third-order valence-corrected chi connectivity index (χ3v) is 4.62. The van der Waals surface area contributed by atoms with Crippen molar-refractivity contribution >= 4 is 23.3 Å². The Bertz CT molecular complexity index is 1160. The van der Waals surface area contributed by atoms with Gasteiger partial charge in [0.25, 0.3) is 0 Å². The van der Waals surface area contributed by atoms with Gasteiger partial charge in [-0.3, -0.25) is 4.79 Å². The van der Waals surface area contributed by atoms with Crippen LogP contribution in [0.25, 0.3) is 5.82 Å². The molecule has 0 saturated heterocycles. The lowest BCUT2D eigenvalue weighted by Gasteiger charge is -2.13. The average Bonchev–Trinajstić information content (AvgIpc) is 3.53. The Hall–Kier alpha value is -4.54. The number of carbonyl (C=O) groups excluding carboxylic acids is 2. The van der Waals surface area contributed by atoms with Gasteiger partial charge in [0.2, 0.25) is 5.91 Å². The molecule has 3 heterocycles. The summed E-state index contributed by atoms with van der Waals surface area (Å²) in [6.07, 6.45) is 8.04. The number of benzene rings is 1. The van der Waals surface area contributed by atoms with Crippen LogP contribution in [-0.2, 0) is 11.3 Å². The highest BCUT2D eigenvalue weighted by molar-refractivity contribution is 5.94. The second-order valence-corrected chi connectivity index (χ2v) is 6.90. The summed E-state index contributed by atoms with van der Waals surface area (Å²) in [5.74, 6) is 0.479. The number of aromatic nitrogens is 6. The van der Waals surface area contributed by atoms with Crippen LogP contribution in [0.5, 0.6) is 0 Å². The minimum Gasteiger partial charge on any atom is -0.334 e. The molecule has 162 valence electrons.